The van der Waals surface area contributed by atoms with Crippen LogP contribution in [0.4, 0.5) is 11.4 Å². The monoisotopic (exact) mass is 348 g/mol. The first kappa shape index (κ1) is 20.1. The molecule has 0 unspecified atom stereocenters. The van der Waals surface area contributed by atoms with Gasteiger partial charge >= 0.3 is 0 Å². The molecule has 0 atom stereocenters. The van der Waals surface area contributed by atoms with Crippen molar-refractivity contribution in [3.63, 3.8) is 0 Å². The minimum absolute atomic E-state index is 0.963. The lowest BCUT2D eigenvalue weighted by molar-refractivity contribution is 0.839. The number of benzene rings is 2. The lowest BCUT2D eigenvalue weighted by Crippen LogP contribution is -1.99. The fourth-order valence-corrected chi connectivity index (χ4v) is 2.89. The van der Waals surface area contributed by atoms with Crippen LogP contribution in [-0.2, 0) is 12.8 Å². The number of aliphatic imine (C=N–C) groups is 2. The van der Waals surface area contributed by atoms with Gasteiger partial charge in [-0.1, -0.05) is 64.3 Å². The summed E-state index contributed by atoms with van der Waals surface area (Å²) in [6, 6.07) is 17.1. The Balaban J connectivity index is 2.12. The van der Waals surface area contributed by atoms with Crippen LogP contribution >= 0.6 is 0 Å². The van der Waals surface area contributed by atoms with Gasteiger partial charge in [0.15, 0.2) is 0 Å². The second-order valence-electron chi connectivity index (χ2n) is 6.80. The SMILES string of the molecule is CCCCC(C=Nc1ccc(CCC)cc1)=Nc1ccc(CCC)cc1. The van der Waals surface area contributed by atoms with Crippen LogP contribution in [0.25, 0.3) is 0 Å². The predicted molar refractivity (Wildman–Crippen MR) is 116 cm³/mol. The van der Waals surface area contributed by atoms with E-state index in [0.29, 0.717) is 0 Å². The Bertz CT molecular complexity index is 694. The van der Waals surface area contributed by atoms with Gasteiger partial charge in [0.05, 0.1) is 17.1 Å². The summed E-state index contributed by atoms with van der Waals surface area (Å²) in [5.74, 6) is 0. The molecule has 0 N–H and O–H groups in total. The summed E-state index contributed by atoms with van der Waals surface area (Å²) >= 11 is 0. The molecule has 0 aliphatic carbocycles. The maximum Gasteiger partial charge on any atom is 0.0633 e. The highest BCUT2D eigenvalue weighted by molar-refractivity contribution is 6.31. The lowest BCUT2D eigenvalue weighted by atomic mass is 10.1. The van der Waals surface area contributed by atoms with E-state index in [1.165, 1.54) is 24.0 Å². The number of nitrogens with zero attached hydrogens (tertiary/aromatic N) is 2. The smallest absolute Gasteiger partial charge is 0.0633 e. The van der Waals surface area contributed by atoms with Crippen molar-refractivity contribution in [1.29, 1.82) is 0 Å². The summed E-state index contributed by atoms with van der Waals surface area (Å²) in [5, 5.41) is 0. The molecule has 2 rings (SSSR count). The van der Waals surface area contributed by atoms with E-state index in [2.05, 4.69) is 74.3 Å². The number of hydrogen-bond acceptors (Lipinski definition) is 2. The molecule has 0 radical (unpaired) electrons. The molecular formula is C24H32N2. The minimum Gasteiger partial charge on any atom is -0.255 e. The molecule has 0 saturated carbocycles. The average molecular weight is 349 g/mol. The molecular weight excluding hydrogens is 316 g/mol. The number of rotatable bonds is 10. The highest BCUT2D eigenvalue weighted by atomic mass is 14.8. The Morgan fingerprint density at radius 2 is 1.27 bits per heavy atom. The second-order valence-corrected chi connectivity index (χ2v) is 6.80. The zero-order valence-electron chi connectivity index (χ0n) is 16.5. The highest BCUT2D eigenvalue weighted by Crippen LogP contribution is 2.17. The molecule has 2 heteroatoms. The maximum atomic E-state index is 4.83. The average Bonchev–Trinajstić information content (AvgIpc) is 2.67. The Labute approximate surface area is 159 Å². The van der Waals surface area contributed by atoms with Gasteiger partial charge in [0.1, 0.15) is 0 Å². The van der Waals surface area contributed by atoms with E-state index < -0.39 is 0 Å². The van der Waals surface area contributed by atoms with Crippen LogP contribution in [0.2, 0.25) is 0 Å². The molecule has 0 amide bonds. The molecule has 0 bridgehead atoms. The molecule has 138 valence electrons. The van der Waals surface area contributed by atoms with Gasteiger partial charge in [0.25, 0.3) is 0 Å². The summed E-state index contributed by atoms with van der Waals surface area (Å²) in [5.41, 5.74) is 5.81. The van der Waals surface area contributed by atoms with Crippen LogP contribution in [0, 0.1) is 0 Å². The molecule has 0 spiro atoms. The third-order valence-corrected chi connectivity index (χ3v) is 4.37. The number of hydrogen-bond donors (Lipinski definition) is 0. The fraction of sp³-hybridized carbons (Fsp3) is 0.417. The first-order chi connectivity index (χ1) is 12.7. The number of unbranched alkanes of at least 4 members (excludes halogenated alkanes) is 1. The van der Waals surface area contributed by atoms with Crippen LogP contribution in [0.3, 0.4) is 0 Å². The van der Waals surface area contributed by atoms with Crippen molar-refractivity contribution in [2.24, 2.45) is 9.98 Å². The fourth-order valence-electron chi connectivity index (χ4n) is 2.89. The van der Waals surface area contributed by atoms with Gasteiger partial charge in [-0.2, -0.15) is 0 Å². The van der Waals surface area contributed by atoms with Crippen molar-refractivity contribution >= 4 is 23.3 Å². The number of aryl methyl sites for hydroxylation is 2. The summed E-state index contributed by atoms with van der Waals surface area (Å²) in [4.78, 5) is 9.47. The maximum absolute atomic E-state index is 4.83. The van der Waals surface area contributed by atoms with E-state index in [0.717, 1.165) is 49.2 Å². The van der Waals surface area contributed by atoms with Gasteiger partial charge in [-0.3, -0.25) is 9.98 Å². The van der Waals surface area contributed by atoms with E-state index in [4.69, 9.17) is 4.99 Å². The molecule has 0 aromatic heterocycles. The zero-order valence-corrected chi connectivity index (χ0v) is 16.5. The summed E-state index contributed by atoms with van der Waals surface area (Å²) in [6.45, 7) is 6.62. The standard InChI is InChI=1S/C24H32N2/c1-4-7-10-24(26-23-17-13-21(9-6-3)14-18-23)19-25-22-15-11-20(8-5-2)12-16-22/h11-19H,4-10H2,1-3H3. The molecule has 2 aromatic rings. The molecule has 26 heavy (non-hydrogen) atoms. The quantitative estimate of drug-likeness (QED) is 0.404. The summed E-state index contributed by atoms with van der Waals surface area (Å²) < 4.78 is 0. The van der Waals surface area contributed by atoms with Crippen LogP contribution in [0.1, 0.15) is 64.0 Å². The first-order valence-corrected chi connectivity index (χ1v) is 10.0. The van der Waals surface area contributed by atoms with Crippen molar-refractivity contribution in [2.45, 2.75) is 65.7 Å². The van der Waals surface area contributed by atoms with E-state index in [-0.39, 0.29) is 0 Å². The van der Waals surface area contributed by atoms with Crippen LogP contribution in [0.5, 0.6) is 0 Å². The van der Waals surface area contributed by atoms with Crippen LogP contribution in [0.15, 0.2) is 58.5 Å². The van der Waals surface area contributed by atoms with Gasteiger partial charge in [0.2, 0.25) is 0 Å². The van der Waals surface area contributed by atoms with Gasteiger partial charge in [-0.15, -0.1) is 0 Å². The zero-order chi connectivity index (χ0) is 18.6. The molecule has 0 heterocycles. The molecule has 0 aliphatic rings. The molecule has 0 saturated heterocycles. The van der Waals surface area contributed by atoms with Crippen LogP contribution < -0.4 is 0 Å². The summed E-state index contributed by atoms with van der Waals surface area (Å²) in [6.07, 6.45) is 9.79. The van der Waals surface area contributed by atoms with Crippen molar-refractivity contribution < 1.29 is 0 Å². The van der Waals surface area contributed by atoms with Gasteiger partial charge in [0, 0.05) is 6.21 Å². The Hall–Kier alpha value is -2.22. The highest BCUT2D eigenvalue weighted by Gasteiger charge is 1.99. The molecule has 2 aromatic carbocycles. The minimum atomic E-state index is 0.963. The van der Waals surface area contributed by atoms with E-state index >= 15 is 0 Å². The van der Waals surface area contributed by atoms with Gasteiger partial charge < -0.3 is 0 Å². The van der Waals surface area contributed by atoms with Crippen molar-refractivity contribution in [1.82, 2.24) is 0 Å². The van der Waals surface area contributed by atoms with Gasteiger partial charge in [-0.05, 0) is 61.1 Å². The van der Waals surface area contributed by atoms with Crippen molar-refractivity contribution in [3.05, 3.63) is 59.7 Å². The third kappa shape index (κ3) is 6.95. The van der Waals surface area contributed by atoms with Crippen molar-refractivity contribution in [3.8, 4) is 0 Å². The van der Waals surface area contributed by atoms with Gasteiger partial charge in [-0.25, -0.2) is 0 Å². The summed E-state index contributed by atoms with van der Waals surface area (Å²) in [7, 11) is 0. The third-order valence-electron chi connectivity index (χ3n) is 4.37. The van der Waals surface area contributed by atoms with E-state index in [1.807, 2.05) is 6.21 Å². The Morgan fingerprint density at radius 1 is 0.731 bits per heavy atom. The molecule has 0 fully saturated rings. The Morgan fingerprint density at radius 3 is 1.77 bits per heavy atom. The first-order valence-electron chi connectivity index (χ1n) is 10.0. The lowest BCUT2D eigenvalue weighted by Gasteiger charge is -2.03. The van der Waals surface area contributed by atoms with Crippen molar-refractivity contribution in [2.75, 3.05) is 0 Å². The van der Waals surface area contributed by atoms with Crippen LogP contribution in [-0.4, -0.2) is 11.9 Å². The van der Waals surface area contributed by atoms with E-state index in [1.54, 1.807) is 0 Å². The topological polar surface area (TPSA) is 24.7 Å². The van der Waals surface area contributed by atoms with E-state index in [9.17, 15) is 0 Å². The largest absolute Gasteiger partial charge is 0.255 e. The predicted octanol–water partition coefficient (Wildman–Crippen LogP) is 7.26. The molecule has 2 nitrogen and oxygen atoms in total. The second kappa shape index (κ2) is 11.4. The molecule has 0 aliphatic heterocycles. The Kier molecular flexibility index (Phi) is 8.82. The normalized spacial score (nSPS) is 12.0.